The lowest BCUT2D eigenvalue weighted by atomic mass is 10.1. The minimum absolute atomic E-state index is 0.117. The maximum absolute atomic E-state index is 12.9. The van der Waals surface area contributed by atoms with Crippen molar-refractivity contribution in [3.05, 3.63) is 29.6 Å². The maximum Gasteiger partial charge on any atom is 0.175 e. The number of hydrogen-bond acceptors (Lipinski definition) is 3. The minimum Gasteiger partial charge on any atom is -0.389 e. The second-order valence-electron chi connectivity index (χ2n) is 3.17. The largest absolute Gasteiger partial charge is 0.389 e. The standard InChI is InChI=1S/C9H11FO3S/c1-6(11)7-3-8(10)5-9(4-7)14(2,12)13/h3-6,11H,1-2H3. The van der Waals surface area contributed by atoms with Gasteiger partial charge in [0, 0.05) is 6.26 Å². The molecule has 0 aliphatic rings. The Morgan fingerprint density at radius 3 is 2.36 bits per heavy atom. The fourth-order valence-electron chi connectivity index (χ4n) is 1.04. The zero-order valence-electron chi connectivity index (χ0n) is 7.86. The fraction of sp³-hybridized carbons (Fsp3) is 0.333. The molecule has 1 atom stereocenters. The zero-order chi connectivity index (χ0) is 10.9. The highest BCUT2D eigenvalue weighted by Gasteiger charge is 2.12. The van der Waals surface area contributed by atoms with Crippen LogP contribution in [0.5, 0.6) is 0 Å². The first kappa shape index (κ1) is 11.1. The highest BCUT2D eigenvalue weighted by Crippen LogP contribution is 2.19. The van der Waals surface area contributed by atoms with Gasteiger partial charge in [-0.1, -0.05) is 0 Å². The molecule has 0 radical (unpaired) electrons. The van der Waals surface area contributed by atoms with Crippen LogP contribution < -0.4 is 0 Å². The first-order valence-corrected chi connectivity index (χ1v) is 5.88. The van der Waals surface area contributed by atoms with Gasteiger partial charge in [-0.2, -0.15) is 0 Å². The number of aliphatic hydroxyl groups excluding tert-OH is 1. The van der Waals surface area contributed by atoms with Crippen molar-refractivity contribution in [1.82, 2.24) is 0 Å². The number of sulfone groups is 1. The Morgan fingerprint density at radius 1 is 1.36 bits per heavy atom. The van der Waals surface area contributed by atoms with Gasteiger partial charge < -0.3 is 5.11 Å². The van der Waals surface area contributed by atoms with E-state index in [1.165, 1.54) is 13.0 Å². The SMILES string of the molecule is CC(O)c1cc(F)cc(S(C)(=O)=O)c1. The third kappa shape index (κ3) is 2.52. The summed E-state index contributed by atoms with van der Waals surface area (Å²) in [5.41, 5.74) is 0.255. The molecule has 1 aromatic carbocycles. The molecule has 1 unspecified atom stereocenters. The molecule has 1 rings (SSSR count). The number of benzene rings is 1. The summed E-state index contributed by atoms with van der Waals surface area (Å²) in [5, 5.41) is 9.18. The van der Waals surface area contributed by atoms with Gasteiger partial charge in [0.05, 0.1) is 11.0 Å². The average Bonchev–Trinajstić information content (AvgIpc) is 2.01. The van der Waals surface area contributed by atoms with Crippen molar-refractivity contribution in [3.8, 4) is 0 Å². The van der Waals surface area contributed by atoms with Crippen LogP contribution in [0.3, 0.4) is 0 Å². The van der Waals surface area contributed by atoms with Gasteiger partial charge in [0.1, 0.15) is 5.82 Å². The van der Waals surface area contributed by atoms with E-state index in [-0.39, 0.29) is 10.5 Å². The number of hydrogen-bond donors (Lipinski definition) is 1. The van der Waals surface area contributed by atoms with Crippen LogP contribution in [0.15, 0.2) is 23.1 Å². The van der Waals surface area contributed by atoms with Crippen LogP contribution in [0, 0.1) is 5.82 Å². The van der Waals surface area contributed by atoms with Crippen molar-refractivity contribution in [2.75, 3.05) is 6.26 Å². The minimum atomic E-state index is -3.43. The molecule has 0 aliphatic heterocycles. The average molecular weight is 218 g/mol. The molecule has 0 bridgehead atoms. The summed E-state index contributed by atoms with van der Waals surface area (Å²) < 4.78 is 35.2. The molecule has 5 heteroatoms. The predicted octanol–water partition coefficient (Wildman–Crippen LogP) is 1.28. The second-order valence-corrected chi connectivity index (χ2v) is 5.18. The molecule has 0 fully saturated rings. The number of aliphatic hydroxyl groups is 1. The molecule has 3 nitrogen and oxygen atoms in total. The van der Waals surface area contributed by atoms with Crippen molar-refractivity contribution in [2.45, 2.75) is 17.9 Å². The maximum atomic E-state index is 12.9. The predicted molar refractivity (Wildman–Crippen MR) is 50.1 cm³/mol. The van der Waals surface area contributed by atoms with Crippen molar-refractivity contribution in [3.63, 3.8) is 0 Å². The van der Waals surface area contributed by atoms with E-state index in [9.17, 15) is 17.9 Å². The summed E-state index contributed by atoms with van der Waals surface area (Å²) >= 11 is 0. The lowest BCUT2D eigenvalue weighted by molar-refractivity contribution is 0.198. The highest BCUT2D eigenvalue weighted by molar-refractivity contribution is 7.90. The van der Waals surface area contributed by atoms with E-state index in [0.29, 0.717) is 0 Å². The smallest absolute Gasteiger partial charge is 0.175 e. The fourth-order valence-corrected chi connectivity index (χ4v) is 1.72. The van der Waals surface area contributed by atoms with Gasteiger partial charge in [-0.15, -0.1) is 0 Å². The lowest BCUT2D eigenvalue weighted by Gasteiger charge is -2.06. The topological polar surface area (TPSA) is 54.4 Å². The molecule has 0 amide bonds. The van der Waals surface area contributed by atoms with Gasteiger partial charge in [-0.25, -0.2) is 12.8 Å². The molecule has 14 heavy (non-hydrogen) atoms. The van der Waals surface area contributed by atoms with Crippen molar-refractivity contribution >= 4 is 9.84 Å². The third-order valence-electron chi connectivity index (χ3n) is 1.80. The van der Waals surface area contributed by atoms with E-state index >= 15 is 0 Å². The molecular formula is C9H11FO3S. The van der Waals surface area contributed by atoms with E-state index in [0.717, 1.165) is 18.4 Å². The normalized spacial score (nSPS) is 14.0. The first-order chi connectivity index (χ1) is 6.30. The van der Waals surface area contributed by atoms with Crippen LogP contribution in [0.2, 0.25) is 0 Å². The van der Waals surface area contributed by atoms with Gasteiger partial charge in [0.25, 0.3) is 0 Å². The monoisotopic (exact) mass is 218 g/mol. The quantitative estimate of drug-likeness (QED) is 0.813. The lowest BCUT2D eigenvalue weighted by Crippen LogP contribution is -2.01. The molecule has 0 aliphatic carbocycles. The number of halogens is 1. The summed E-state index contributed by atoms with van der Waals surface area (Å²) in [6.45, 7) is 1.45. The van der Waals surface area contributed by atoms with E-state index in [2.05, 4.69) is 0 Å². The second kappa shape index (κ2) is 3.67. The summed E-state index contributed by atoms with van der Waals surface area (Å²) in [5.74, 6) is -0.663. The Bertz CT molecular complexity index is 437. The van der Waals surface area contributed by atoms with E-state index in [4.69, 9.17) is 0 Å². The van der Waals surface area contributed by atoms with Crippen LogP contribution in [0.1, 0.15) is 18.6 Å². The van der Waals surface area contributed by atoms with Crippen molar-refractivity contribution in [1.29, 1.82) is 0 Å². The Hall–Kier alpha value is -0.940. The van der Waals surface area contributed by atoms with E-state index in [1.54, 1.807) is 0 Å². The summed E-state index contributed by atoms with van der Waals surface area (Å²) in [6, 6.07) is 3.31. The van der Waals surface area contributed by atoms with Crippen LogP contribution in [0.4, 0.5) is 4.39 Å². The summed E-state index contributed by atoms with van der Waals surface area (Å²) in [4.78, 5) is -0.117. The first-order valence-electron chi connectivity index (χ1n) is 3.99. The highest BCUT2D eigenvalue weighted by atomic mass is 32.2. The Morgan fingerprint density at radius 2 is 1.93 bits per heavy atom. The Balaban J connectivity index is 3.35. The van der Waals surface area contributed by atoms with Gasteiger partial charge in [-0.3, -0.25) is 0 Å². The Kier molecular flexibility index (Phi) is 2.92. The van der Waals surface area contributed by atoms with Crippen LogP contribution in [-0.2, 0) is 9.84 Å². The molecule has 1 aromatic rings. The molecule has 0 saturated carbocycles. The summed E-state index contributed by atoms with van der Waals surface area (Å²) in [7, 11) is -3.43. The van der Waals surface area contributed by atoms with E-state index in [1.807, 2.05) is 0 Å². The summed E-state index contributed by atoms with van der Waals surface area (Å²) in [6.07, 6.45) is 0.110. The van der Waals surface area contributed by atoms with Crippen LogP contribution in [-0.4, -0.2) is 19.8 Å². The number of rotatable bonds is 2. The zero-order valence-corrected chi connectivity index (χ0v) is 8.68. The van der Waals surface area contributed by atoms with Gasteiger partial charge >= 0.3 is 0 Å². The van der Waals surface area contributed by atoms with Gasteiger partial charge in [0.15, 0.2) is 9.84 Å². The van der Waals surface area contributed by atoms with Crippen LogP contribution in [0.25, 0.3) is 0 Å². The van der Waals surface area contributed by atoms with E-state index < -0.39 is 21.8 Å². The van der Waals surface area contributed by atoms with Gasteiger partial charge in [0.2, 0.25) is 0 Å². The van der Waals surface area contributed by atoms with Crippen LogP contribution >= 0.6 is 0 Å². The molecule has 78 valence electrons. The molecule has 1 N–H and O–H groups in total. The van der Waals surface area contributed by atoms with Crippen molar-refractivity contribution in [2.24, 2.45) is 0 Å². The van der Waals surface area contributed by atoms with Gasteiger partial charge in [-0.05, 0) is 30.7 Å². The molecule has 0 heterocycles. The Labute approximate surface area is 82.1 Å². The molecule has 0 aromatic heterocycles. The molecule has 0 spiro atoms. The third-order valence-corrected chi connectivity index (χ3v) is 2.90. The molecular weight excluding hydrogens is 207 g/mol. The molecule has 0 saturated heterocycles. The van der Waals surface area contributed by atoms with Crippen molar-refractivity contribution < 1.29 is 17.9 Å².